The number of carbonyl (C=O) groups is 2. The Balaban J connectivity index is 1.60. The zero-order valence-electron chi connectivity index (χ0n) is 17.0. The summed E-state index contributed by atoms with van der Waals surface area (Å²) in [4.78, 5) is 28.1. The van der Waals surface area contributed by atoms with Crippen LogP contribution in [-0.4, -0.2) is 48.7 Å². The number of ether oxygens (including phenoxy) is 1. The first-order valence-corrected chi connectivity index (χ1v) is 11.1. The number of carbonyl (C=O) groups excluding carboxylic acids is 1. The van der Waals surface area contributed by atoms with Crippen LogP contribution in [0.4, 0.5) is 0 Å². The minimum absolute atomic E-state index is 0.102. The van der Waals surface area contributed by atoms with Gasteiger partial charge in [-0.05, 0) is 25.0 Å². The van der Waals surface area contributed by atoms with Gasteiger partial charge in [0.1, 0.15) is 6.04 Å². The summed E-state index contributed by atoms with van der Waals surface area (Å²) in [5, 5.41) is 15.5. The number of nitrogens with one attached hydrogen (secondary N) is 2. The van der Waals surface area contributed by atoms with Gasteiger partial charge in [-0.25, -0.2) is 9.79 Å². The van der Waals surface area contributed by atoms with Crippen LogP contribution in [0.2, 0.25) is 10.0 Å². The number of aliphatic imine (C=N–C) groups is 1. The van der Waals surface area contributed by atoms with Crippen molar-refractivity contribution < 1.29 is 19.4 Å². The highest BCUT2D eigenvalue weighted by Crippen LogP contribution is 2.24. The maximum atomic E-state index is 12.4. The first-order valence-electron chi connectivity index (χ1n) is 10.4. The number of rotatable bonds is 12. The molecule has 7 nitrogen and oxygen atoms in total. The lowest BCUT2D eigenvalue weighted by Crippen LogP contribution is -2.41. The number of carboxylic acid groups (broad SMARTS) is 1. The van der Waals surface area contributed by atoms with Gasteiger partial charge < -0.3 is 20.5 Å². The van der Waals surface area contributed by atoms with Crippen molar-refractivity contribution >= 4 is 41.1 Å². The first-order chi connectivity index (χ1) is 14.5. The van der Waals surface area contributed by atoms with Crippen molar-refractivity contribution in [2.45, 2.75) is 57.4 Å². The molecule has 1 aliphatic rings. The highest BCUT2D eigenvalue weighted by molar-refractivity contribution is 6.39. The van der Waals surface area contributed by atoms with Crippen LogP contribution in [0.15, 0.2) is 23.2 Å². The Bertz CT molecular complexity index is 723. The summed E-state index contributed by atoms with van der Waals surface area (Å²) in [6.45, 7) is 2.40. The summed E-state index contributed by atoms with van der Waals surface area (Å²) in [5.41, 5.74) is 0.102. The Morgan fingerprint density at radius 2 is 1.77 bits per heavy atom. The highest BCUT2D eigenvalue weighted by atomic mass is 35.5. The lowest BCUT2D eigenvalue weighted by atomic mass is 10.0. The molecule has 30 heavy (non-hydrogen) atoms. The third kappa shape index (κ3) is 8.40. The summed E-state index contributed by atoms with van der Waals surface area (Å²) < 4.78 is 5.39. The molecule has 1 aromatic carbocycles. The maximum Gasteiger partial charge on any atom is 0.326 e. The molecule has 1 unspecified atom stereocenters. The van der Waals surface area contributed by atoms with Crippen molar-refractivity contribution in [2.75, 3.05) is 19.7 Å². The maximum absolute atomic E-state index is 12.4. The molecule has 3 N–H and O–H groups in total. The summed E-state index contributed by atoms with van der Waals surface area (Å²) in [6.07, 6.45) is 7.20. The Hall–Kier alpha value is -1.99. The number of unbranched alkanes of at least 4 members (excludes halogenated alkanes) is 5. The molecule has 1 aromatic rings. The number of hydrogen-bond donors (Lipinski definition) is 3. The average Bonchev–Trinajstić information content (AvgIpc) is 2.72. The van der Waals surface area contributed by atoms with E-state index in [-0.39, 0.29) is 15.6 Å². The first kappa shape index (κ1) is 24.3. The zero-order chi connectivity index (χ0) is 21.8. The number of benzene rings is 1. The summed E-state index contributed by atoms with van der Waals surface area (Å²) in [6, 6.07) is 4.41. The van der Waals surface area contributed by atoms with Gasteiger partial charge in [0.2, 0.25) is 0 Å². The molecule has 1 atom stereocenters. The highest BCUT2D eigenvalue weighted by Gasteiger charge is 2.22. The van der Waals surface area contributed by atoms with Crippen molar-refractivity contribution in [3.05, 3.63) is 33.8 Å². The molecular weight excluding hydrogens is 429 g/mol. The van der Waals surface area contributed by atoms with E-state index in [9.17, 15) is 14.7 Å². The molecular formula is C21H29Cl2N3O4. The fourth-order valence-electron chi connectivity index (χ4n) is 3.14. The quantitative estimate of drug-likeness (QED) is 0.406. The third-order valence-electron chi connectivity index (χ3n) is 4.79. The normalized spacial score (nSPS) is 14.4. The number of hydrogen-bond acceptors (Lipinski definition) is 5. The van der Waals surface area contributed by atoms with E-state index in [2.05, 4.69) is 15.6 Å². The minimum atomic E-state index is -1.06. The topological polar surface area (TPSA) is 100 Å². The second kappa shape index (κ2) is 13.3. The third-order valence-corrected chi connectivity index (χ3v) is 5.42. The molecule has 166 valence electrons. The van der Waals surface area contributed by atoms with Gasteiger partial charge in [0.25, 0.3) is 11.9 Å². The van der Waals surface area contributed by atoms with Gasteiger partial charge in [-0.1, -0.05) is 61.4 Å². The molecule has 0 radical (unpaired) electrons. The van der Waals surface area contributed by atoms with Crippen LogP contribution in [0.3, 0.4) is 0 Å². The van der Waals surface area contributed by atoms with Crippen molar-refractivity contribution in [1.29, 1.82) is 0 Å². The summed E-state index contributed by atoms with van der Waals surface area (Å²) in [5.74, 6) is -1.64. The Morgan fingerprint density at radius 3 is 2.40 bits per heavy atom. The molecule has 1 amide bonds. The van der Waals surface area contributed by atoms with E-state index in [0.29, 0.717) is 12.4 Å². The predicted molar refractivity (Wildman–Crippen MR) is 119 cm³/mol. The smallest absolute Gasteiger partial charge is 0.326 e. The van der Waals surface area contributed by atoms with E-state index in [4.69, 9.17) is 27.9 Å². The molecule has 0 bridgehead atoms. The fraction of sp³-hybridized carbons (Fsp3) is 0.571. The molecule has 0 fully saturated rings. The van der Waals surface area contributed by atoms with Gasteiger partial charge in [-0.15, -0.1) is 0 Å². The van der Waals surface area contributed by atoms with Crippen LogP contribution in [0.5, 0.6) is 0 Å². The van der Waals surface area contributed by atoms with Crippen LogP contribution < -0.4 is 10.6 Å². The van der Waals surface area contributed by atoms with Crippen LogP contribution >= 0.6 is 23.2 Å². The van der Waals surface area contributed by atoms with Crippen LogP contribution in [0, 0.1) is 0 Å². The number of amides is 1. The average molecular weight is 458 g/mol. The molecule has 0 saturated carbocycles. The molecule has 0 saturated heterocycles. The lowest BCUT2D eigenvalue weighted by Gasteiger charge is -2.16. The van der Waals surface area contributed by atoms with E-state index in [1.807, 2.05) is 0 Å². The molecule has 0 aromatic heterocycles. The number of aliphatic carboxylic acids is 1. The van der Waals surface area contributed by atoms with Gasteiger partial charge in [0.05, 0.1) is 22.2 Å². The molecule has 1 aliphatic heterocycles. The van der Waals surface area contributed by atoms with Crippen LogP contribution in [-0.2, 0) is 9.53 Å². The van der Waals surface area contributed by atoms with Crippen molar-refractivity contribution in [1.82, 2.24) is 10.6 Å². The van der Waals surface area contributed by atoms with Gasteiger partial charge in [-0.2, -0.15) is 0 Å². The SMILES string of the molecule is O=C(NC(CCCCCCCCNC1=NCCCO1)C(=O)O)c1c(Cl)cccc1Cl. The Kier molecular flexibility index (Phi) is 10.8. The zero-order valence-corrected chi connectivity index (χ0v) is 18.5. The van der Waals surface area contributed by atoms with Crippen LogP contribution in [0.25, 0.3) is 0 Å². The number of amidine groups is 1. The second-order valence-corrected chi connectivity index (χ2v) is 8.00. The number of carboxylic acids is 1. The lowest BCUT2D eigenvalue weighted by molar-refractivity contribution is -0.139. The van der Waals surface area contributed by atoms with Gasteiger partial charge in [0.15, 0.2) is 0 Å². The number of halogens is 2. The largest absolute Gasteiger partial charge is 0.480 e. The van der Waals surface area contributed by atoms with Gasteiger partial charge >= 0.3 is 5.97 Å². The Labute approximate surface area is 187 Å². The van der Waals surface area contributed by atoms with E-state index in [0.717, 1.165) is 64.6 Å². The van der Waals surface area contributed by atoms with Crippen molar-refractivity contribution in [3.63, 3.8) is 0 Å². The summed E-state index contributed by atoms with van der Waals surface area (Å²) in [7, 11) is 0. The standard InChI is InChI=1S/C21H29Cl2N3O4/c22-15-9-7-10-16(23)18(15)19(27)26-17(20(28)29)11-5-3-1-2-4-6-12-24-21-25-13-8-14-30-21/h7,9-10,17H,1-6,8,11-14H2,(H,24,25)(H,26,27)(H,28,29). The van der Waals surface area contributed by atoms with Gasteiger partial charge in [-0.3, -0.25) is 4.79 Å². The summed E-state index contributed by atoms with van der Waals surface area (Å²) >= 11 is 12.0. The van der Waals surface area contributed by atoms with Gasteiger partial charge in [0, 0.05) is 19.5 Å². The Morgan fingerprint density at radius 1 is 1.10 bits per heavy atom. The van der Waals surface area contributed by atoms with Crippen LogP contribution in [0.1, 0.15) is 61.7 Å². The molecule has 9 heteroatoms. The van der Waals surface area contributed by atoms with E-state index < -0.39 is 17.9 Å². The molecule has 2 rings (SSSR count). The van der Waals surface area contributed by atoms with E-state index >= 15 is 0 Å². The van der Waals surface area contributed by atoms with E-state index in [1.165, 1.54) is 0 Å². The van der Waals surface area contributed by atoms with Crippen molar-refractivity contribution in [2.24, 2.45) is 4.99 Å². The van der Waals surface area contributed by atoms with Crippen molar-refractivity contribution in [3.8, 4) is 0 Å². The number of nitrogens with zero attached hydrogens (tertiary/aromatic N) is 1. The molecule has 0 spiro atoms. The van der Waals surface area contributed by atoms with E-state index in [1.54, 1.807) is 18.2 Å². The molecule has 1 heterocycles. The molecule has 0 aliphatic carbocycles. The monoisotopic (exact) mass is 457 g/mol. The second-order valence-electron chi connectivity index (χ2n) is 7.19. The fourth-order valence-corrected chi connectivity index (χ4v) is 3.71. The predicted octanol–water partition coefficient (Wildman–Crippen LogP) is 4.27. The minimum Gasteiger partial charge on any atom is -0.480 e.